The summed E-state index contributed by atoms with van der Waals surface area (Å²) in [6.45, 7) is 1.09. The first-order valence-electron chi connectivity index (χ1n) is 6.46. The molecule has 0 radical (unpaired) electrons. The van der Waals surface area contributed by atoms with Crippen LogP contribution in [0.3, 0.4) is 0 Å². The van der Waals surface area contributed by atoms with E-state index >= 15 is 0 Å². The molecular weight excluding hydrogens is 250 g/mol. The van der Waals surface area contributed by atoms with Crippen molar-refractivity contribution >= 4 is 5.84 Å². The minimum absolute atomic E-state index is 0.522. The molecule has 0 fully saturated rings. The number of amidine groups is 1. The van der Waals surface area contributed by atoms with E-state index in [9.17, 15) is 0 Å². The van der Waals surface area contributed by atoms with Crippen molar-refractivity contribution in [3.63, 3.8) is 0 Å². The number of hydrogen-bond acceptors (Lipinski definition) is 3. The molecule has 0 aliphatic rings. The van der Waals surface area contributed by atoms with Crippen LogP contribution in [0.5, 0.6) is 5.75 Å². The highest BCUT2D eigenvalue weighted by atomic mass is 16.5. The standard InChI is InChI=1S/C16H19N3O/c1-19-16(18)14-6-8-15(9-7-14)20-11-13-4-2-12(10-17)3-5-13/h2-9H,10-11,17H2,1H3,(H2,18,19). The molecule has 0 saturated carbocycles. The molecule has 0 atom stereocenters. The summed E-state index contributed by atoms with van der Waals surface area (Å²) < 4.78 is 5.72. The maximum atomic E-state index is 5.74. The Morgan fingerprint density at radius 2 is 1.60 bits per heavy atom. The van der Waals surface area contributed by atoms with Gasteiger partial charge in [0.15, 0.2) is 0 Å². The Morgan fingerprint density at radius 3 is 2.15 bits per heavy atom. The van der Waals surface area contributed by atoms with Crippen molar-refractivity contribution in [2.45, 2.75) is 13.2 Å². The van der Waals surface area contributed by atoms with Crippen LogP contribution >= 0.6 is 0 Å². The molecule has 2 rings (SSSR count). The summed E-state index contributed by atoms with van der Waals surface area (Å²) in [4.78, 5) is 3.94. The SMILES string of the molecule is CN=C(N)c1ccc(OCc2ccc(CN)cc2)cc1. The Balaban J connectivity index is 1.96. The Morgan fingerprint density at radius 1 is 1.00 bits per heavy atom. The number of rotatable bonds is 5. The number of nitrogens with two attached hydrogens (primary N) is 2. The van der Waals surface area contributed by atoms with Crippen molar-refractivity contribution in [2.24, 2.45) is 16.5 Å². The van der Waals surface area contributed by atoms with E-state index in [1.165, 1.54) is 0 Å². The lowest BCUT2D eigenvalue weighted by atomic mass is 10.1. The van der Waals surface area contributed by atoms with Crippen LogP contribution in [0.15, 0.2) is 53.5 Å². The summed E-state index contributed by atoms with van der Waals surface area (Å²) in [5, 5.41) is 0. The monoisotopic (exact) mass is 269 g/mol. The van der Waals surface area contributed by atoms with Gasteiger partial charge in [0.05, 0.1) is 0 Å². The molecule has 0 heterocycles. The van der Waals surface area contributed by atoms with Crippen LogP contribution in [0.25, 0.3) is 0 Å². The van der Waals surface area contributed by atoms with Crippen LogP contribution in [0.4, 0.5) is 0 Å². The van der Waals surface area contributed by atoms with E-state index in [1.807, 2.05) is 48.5 Å². The maximum absolute atomic E-state index is 5.74. The zero-order valence-corrected chi connectivity index (χ0v) is 11.5. The summed E-state index contributed by atoms with van der Waals surface area (Å²) in [5.41, 5.74) is 14.4. The second-order valence-corrected chi connectivity index (χ2v) is 4.44. The van der Waals surface area contributed by atoms with E-state index in [1.54, 1.807) is 7.05 Å². The van der Waals surface area contributed by atoms with E-state index in [0.717, 1.165) is 22.4 Å². The molecule has 0 aliphatic heterocycles. The second kappa shape index (κ2) is 6.73. The molecule has 20 heavy (non-hydrogen) atoms. The van der Waals surface area contributed by atoms with E-state index in [0.29, 0.717) is 19.0 Å². The van der Waals surface area contributed by atoms with Crippen LogP contribution in [0, 0.1) is 0 Å². The highest BCUT2D eigenvalue weighted by Gasteiger charge is 1.99. The fourth-order valence-corrected chi connectivity index (χ4v) is 1.79. The van der Waals surface area contributed by atoms with E-state index < -0.39 is 0 Å². The summed E-state index contributed by atoms with van der Waals surface area (Å²) >= 11 is 0. The molecule has 4 N–H and O–H groups in total. The average molecular weight is 269 g/mol. The van der Waals surface area contributed by atoms with Crippen molar-refractivity contribution in [3.05, 3.63) is 65.2 Å². The Hall–Kier alpha value is -2.33. The molecule has 0 unspecified atom stereocenters. The summed E-state index contributed by atoms with van der Waals surface area (Å²) in [7, 11) is 1.67. The molecule has 0 aromatic heterocycles. The first-order valence-corrected chi connectivity index (χ1v) is 6.46. The van der Waals surface area contributed by atoms with E-state index in [4.69, 9.17) is 16.2 Å². The molecule has 104 valence electrons. The summed E-state index contributed by atoms with van der Waals surface area (Å²) in [5.74, 6) is 1.33. The molecule has 4 heteroatoms. The molecule has 0 bridgehead atoms. The third-order valence-corrected chi connectivity index (χ3v) is 3.06. The lowest BCUT2D eigenvalue weighted by Crippen LogP contribution is -2.12. The largest absolute Gasteiger partial charge is 0.489 e. The van der Waals surface area contributed by atoms with E-state index in [2.05, 4.69) is 4.99 Å². The first-order chi connectivity index (χ1) is 9.72. The molecular formula is C16H19N3O. The molecule has 4 nitrogen and oxygen atoms in total. The molecule has 2 aromatic carbocycles. The van der Waals surface area contributed by atoms with E-state index in [-0.39, 0.29) is 0 Å². The van der Waals surface area contributed by atoms with Gasteiger partial charge < -0.3 is 16.2 Å². The predicted molar refractivity (Wildman–Crippen MR) is 81.8 cm³/mol. The van der Waals surface area contributed by atoms with Crippen LogP contribution < -0.4 is 16.2 Å². The van der Waals surface area contributed by atoms with Crippen LogP contribution in [-0.4, -0.2) is 12.9 Å². The quantitative estimate of drug-likeness (QED) is 0.644. The highest BCUT2D eigenvalue weighted by molar-refractivity contribution is 5.97. The fraction of sp³-hybridized carbons (Fsp3) is 0.188. The van der Waals surface area contributed by atoms with Gasteiger partial charge in [-0.05, 0) is 35.4 Å². The van der Waals surface area contributed by atoms with Crippen LogP contribution in [0.2, 0.25) is 0 Å². The van der Waals surface area contributed by atoms with Crippen molar-refractivity contribution in [1.29, 1.82) is 0 Å². The maximum Gasteiger partial charge on any atom is 0.125 e. The van der Waals surface area contributed by atoms with Gasteiger partial charge in [0.1, 0.15) is 18.2 Å². The second-order valence-electron chi connectivity index (χ2n) is 4.44. The van der Waals surface area contributed by atoms with Gasteiger partial charge in [-0.15, -0.1) is 0 Å². The highest BCUT2D eigenvalue weighted by Crippen LogP contribution is 2.14. The number of aliphatic imine (C=N–C) groups is 1. The van der Waals surface area contributed by atoms with Gasteiger partial charge in [-0.25, -0.2) is 0 Å². The van der Waals surface area contributed by atoms with Crippen molar-refractivity contribution in [1.82, 2.24) is 0 Å². The van der Waals surface area contributed by atoms with Gasteiger partial charge in [0.2, 0.25) is 0 Å². The number of ether oxygens (including phenoxy) is 1. The minimum Gasteiger partial charge on any atom is -0.489 e. The summed E-state index contributed by atoms with van der Waals surface area (Å²) in [6.07, 6.45) is 0. The van der Waals surface area contributed by atoms with Crippen LogP contribution in [0.1, 0.15) is 16.7 Å². The molecule has 2 aromatic rings. The predicted octanol–water partition coefficient (Wildman–Crippen LogP) is 2.06. The number of hydrogen-bond donors (Lipinski definition) is 2. The van der Waals surface area contributed by atoms with Gasteiger partial charge in [-0.2, -0.15) is 0 Å². The lowest BCUT2D eigenvalue weighted by molar-refractivity contribution is 0.306. The van der Waals surface area contributed by atoms with Gasteiger partial charge in [0, 0.05) is 19.2 Å². The first kappa shape index (κ1) is 14.1. The zero-order valence-electron chi connectivity index (χ0n) is 11.5. The molecule has 0 amide bonds. The van der Waals surface area contributed by atoms with Crippen molar-refractivity contribution < 1.29 is 4.74 Å². The molecule has 0 spiro atoms. The number of benzene rings is 2. The van der Waals surface area contributed by atoms with Gasteiger partial charge in [0.25, 0.3) is 0 Å². The lowest BCUT2D eigenvalue weighted by Gasteiger charge is -2.08. The third kappa shape index (κ3) is 3.59. The Bertz CT molecular complexity index is 574. The third-order valence-electron chi connectivity index (χ3n) is 3.06. The minimum atomic E-state index is 0.522. The van der Waals surface area contributed by atoms with Crippen molar-refractivity contribution in [3.8, 4) is 5.75 Å². The topological polar surface area (TPSA) is 73.6 Å². The average Bonchev–Trinajstić information content (AvgIpc) is 2.53. The van der Waals surface area contributed by atoms with Crippen molar-refractivity contribution in [2.75, 3.05) is 7.05 Å². The molecule has 0 aliphatic carbocycles. The van der Waals surface area contributed by atoms with Gasteiger partial charge in [-0.3, -0.25) is 4.99 Å². The summed E-state index contributed by atoms with van der Waals surface area (Å²) in [6, 6.07) is 15.7. The Labute approximate surface area is 119 Å². The Kier molecular flexibility index (Phi) is 4.74. The van der Waals surface area contributed by atoms with Gasteiger partial charge >= 0.3 is 0 Å². The normalized spacial score (nSPS) is 11.4. The zero-order chi connectivity index (χ0) is 14.4. The number of nitrogens with zero attached hydrogens (tertiary/aromatic N) is 1. The van der Waals surface area contributed by atoms with Gasteiger partial charge in [-0.1, -0.05) is 24.3 Å². The smallest absolute Gasteiger partial charge is 0.125 e. The molecule has 0 saturated heterocycles. The fourth-order valence-electron chi connectivity index (χ4n) is 1.79. The van der Waals surface area contributed by atoms with Crippen LogP contribution in [-0.2, 0) is 13.2 Å².